The zero-order chi connectivity index (χ0) is 30.6. The van der Waals surface area contributed by atoms with Gasteiger partial charge in [0.2, 0.25) is 0 Å². The molecule has 2 aliphatic carbocycles. The fourth-order valence-electron chi connectivity index (χ4n) is 8.37. The van der Waals surface area contributed by atoms with Crippen LogP contribution in [0.1, 0.15) is 67.9 Å². The van der Waals surface area contributed by atoms with Gasteiger partial charge in [-0.25, -0.2) is 0 Å². The summed E-state index contributed by atoms with van der Waals surface area (Å²) in [6.07, 6.45) is 4.85. The van der Waals surface area contributed by atoms with Crippen LogP contribution in [0.4, 0.5) is 0 Å². The van der Waals surface area contributed by atoms with Gasteiger partial charge in [0, 0.05) is 60.1 Å². The lowest BCUT2D eigenvalue weighted by atomic mass is 9.50. The van der Waals surface area contributed by atoms with Crippen molar-refractivity contribution in [2.45, 2.75) is 83.9 Å². The van der Waals surface area contributed by atoms with Gasteiger partial charge in [-0.15, -0.1) is 6.58 Å². The first-order valence-electron chi connectivity index (χ1n) is 15.5. The van der Waals surface area contributed by atoms with Gasteiger partial charge in [0.05, 0.1) is 6.04 Å². The molecule has 1 amide bonds. The number of aryl methyl sites for hydroxylation is 2. The van der Waals surface area contributed by atoms with Crippen LogP contribution in [-0.4, -0.2) is 64.6 Å². The van der Waals surface area contributed by atoms with Crippen molar-refractivity contribution in [3.63, 3.8) is 0 Å². The molecule has 226 valence electrons. The second kappa shape index (κ2) is 11.1. The number of rotatable bonds is 6. The summed E-state index contributed by atoms with van der Waals surface area (Å²) in [4.78, 5) is 30.5. The summed E-state index contributed by atoms with van der Waals surface area (Å²) in [5, 5.41) is 11.3. The van der Waals surface area contributed by atoms with Gasteiger partial charge in [0.15, 0.2) is 11.5 Å². The standard InChI is InChI=1S/C36H42N2O5/c1-7-15-37-16-14-36-27-11-12-28(38(20-21(2)3)32(41)13-10-25-9-8-22(4)23(5)17-25)35(36)43-34-31(42-24(6)39)19-30(40)26(33(34)36)18-29(27)37/h7-9,17,19,21,27-29,35,40H,1,11-12,14-16,18,20H2,2-6H3/t27-,28+,29+,35-,36-/m0/s1. The minimum absolute atomic E-state index is 0.138. The highest BCUT2D eigenvalue weighted by Gasteiger charge is 2.67. The van der Waals surface area contributed by atoms with Gasteiger partial charge in [0.25, 0.3) is 5.91 Å². The van der Waals surface area contributed by atoms with Crippen LogP contribution in [0.25, 0.3) is 0 Å². The topological polar surface area (TPSA) is 79.3 Å². The molecule has 6 rings (SSSR count). The van der Waals surface area contributed by atoms with Crippen molar-refractivity contribution in [2.24, 2.45) is 11.8 Å². The van der Waals surface area contributed by atoms with E-state index in [1.807, 2.05) is 36.1 Å². The average Bonchev–Trinajstić information content (AvgIpc) is 3.29. The molecule has 1 spiro atoms. The van der Waals surface area contributed by atoms with E-state index >= 15 is 0 Å². The zero-order valence-electron chi connectivity index (χ0n) is 25.9. The fourth-order valence-corrected chi connectivity index (χ4v) is 8.37. The maximum Gasteiger partial charge on any atom is 0.308 e. The number of nitrogens with zero attached hydrogens (tertiary/aromatic N) is 2. The van der Waals surface area contributed by atoms with E-state index in [-0.39, 0.29) is 47.4 Å². The highest BCUT2D eigenvalue weighted by atomic mass is 16.6. The van der Waals surface area contributed by atoms with Crippen LogP contribution in [0, 0.1) is 37.5 Å². The predicted octanol–water partition coefficient (Wildman–Crippen LogP) is 5.06. The molecular formula is C36H42N2O5. The van der Waals surface area contributed by atoms with Crippen LogP contribution in [0.2, 0.25) is 0 Å². The van der Waals surface area contributed by atoms with E-state index in [1.54, 1.807) is 0 Å². The Morgan fingerprint density at radius 1 is 1.26 bits per heavy atom. The van der Waals surface area contributed by atoms with Crippen molar-refractivity contribution >= 4 is 11.9 Å². The SMILES string of the molecule is C=CCN1CC[C@]23c4c5c(O)cc(OC(C)=O)c4O[C@H]2[C@H](N(CC(C)C)C(=O)C#Cc2ccc(C)c(C)c2)CC[C@H]3[C@H]1C5. The van der Waals surface area contributed by atoms with E-state index in [2.05, 4.69) is 44.1 Å². The molecule has 0 unspecified atom stereocenters. The Morgan fingerprint density at radius 2 is 2.05 bits per heavy atom. The number of esters is 1. The number of phenolic OH excluding ortho intramolecular Hbond substituents is 1. The molecule has 0 aromatic heterocycles. The van der Waals surface area contributed by atoms with Crippen molar-refractivity contribution in [3.05, 3.63) is 64.7 Å². The number of hydrogen-bond donors (Lipinski definition) is 1. The lowest BCUT2D eigenvalue weighted by molar-refractivity contribution is -0.137. The van der Waals surface area contributed by atoms with Crippen LogP contribution >= 0.6 is 0 Å². The first-order chi connectivity index (χ1) is 20.5. The van der Waals surface area contributed by atoms with Crippen molar-refractivity contribution < 1.29 is 24.2 Å². The van der Waals surface area contributed by atoms with E-state index in [4.69, 9.17) is 9.47 Å². The van der Waals surface area contributed by atoms with Crippen molar-refractivity contribution in [1.82, 2.24) is 9.80 Å². The molecule has 0 radical (unpaired) electrons. The number of carbonyl (C=O) groups is 2. The third-order valence-electron chi connectivity index (χ3n) is 10.2. The average molecular weight is 583 g/mol. The molecule has 2 heterocycles. The Balaban J connectivity index is 1.44. The van der Waals surface area contributed by atoms with E-state index in [0.717, 1.165) is 54.6 Å². The molecule has 5 atom stereocenters. The van der Waals surface area contributed by atoms with Crippen LogP contribution in [-0.2, 0) is 21.4 Å². The summed E-state index contributed by atoms with van der Waals surface area (Å²) < 4.78 is 12.5. The first kappa shape index (κ1) is 29.3. The second-order valence-corrected chi connectivity index (χ2v) is 13.2. The summed E-state index contributed by atoms with van der Waals surface area (Å²) in [6.45, 7) is 15.9. The summed E-state index contributed by atoms with van der Waals surface area (Å²) >= 11 is 0. The number of benzene rings is 2. The largest absolute Gasteiger partial charge is 0.508 e. The molecule has 43 heavy (non-hydrogen) atoms. The third-order valence-corrected chi connectivity index (χ3v) is 10.2. The van der Waals surface area contributed by atoms with Gasteiger partial charge in [-0.2, -0.15) is 0 Å². The number of phenols is 1. The van der Waals surface area contributed by atoms with E-state index in [9.17, 15) is 14.7 Å². The molecule has 1 saturated carbocycles. The van der Waals surface area contributed by atoms with Crippen LogP contribution in [0.3, 0.4) is 0 Å². The van der Waals surface area contributed by atoms with E-state index in [1.165, 1.54) is 18.6 Å². The lowest BCUT2D eigenvalue weighted by Gasteiger charge is -2.60. The Morgan fingerprint density at radius 3 is 2.74 bits per heavy atom. The molecule has 1 N–H and O–H groups in total. The second-order valence-electron chi connectivity index (χ2n) is 13.2. The minimum atomic E-state index is -0.465. The number of ether oxygens (including phenoxy) is 2. The molecule has 1 saturated heterocycles. The van der Waals surface area contributed by atoms with Crippen LogP contribution in [0.5, 0.6) is 17.2 Å². The van der Waals surface area contributed by atoms with Crippen molar-refractivity contribution in [1.29, 1.82) is 0 Å². The van der Waals surface area contributed by atoms with E-state index < -0.39 is 11.4 Å². The smallest absolute Gasteiger partial charge is 0.308 e. The quantitative estimate of drug-likeness (QED) is 0.222. The van der Waals surface area contributed by atoms with Crippen molar-refractivity contribution in [3.8, 4) is 29.1 Å². The number of hydrogen-bond acceptors (Lipinski definition) is 6. The van der Waals surface area contributed by atoms with Crippen LogP contribution < -0.4 is 9.47 Å². The summed E-state index contributed by atoms with van der Waals surface area (Å²) in [5.74, 6) is 6.88. The minimum Gasteiger partial charge on any atom is -0.508 e. The van der Waals surface area contributed by atoms with Gasteiger partial charge in [-0.3, -0.25) is 14.5 Å². The van der Waals surface area contributed by atoms with Crippen molar-refractivity contribution in [2.75, 3.05) is 19.6 Å². The molecule has 2 aromatic rings. The first-order valence-corrected chi connectivity index (χ1v) is 15.5. The van der Waals surface area contributed by atoms with Gasteiger partial charge in [0.1, 0.15) is 11.9 Å². The monoisotopic (exact) mass is 582 g/mol. The number of piperidine rings is 1. The Labute approximate surface area is 254 Å². The number of carbonyl (C=O) groups excluding carboxylic acids is 2. The van der Waals surface area contributed by atoms with Crippen LogP contribution in [0.15, 0.2) is 36.9 Å². The van der Waals surface area contributed by atoms with Gasteiger partial charge in [-0.05, 0) is 81.2 Å². The molecule has 4 aliphatic rings. The highest BCUT2D eigenvalue weighted by Crippen LogP contribution is 2.65. The molecular weight excluding hydrogens is 540 g/mol. The normalized spacial score (nSPS) is 26.6. The number of amides is 1. The third kappa shape index (κ3) is 4.80. The molecule has 2 fully saturated rings. The zero-order valence-corrected chi connectivity index (χ0v) is 25.9. The van der Waals surface area contributed by atoms with Gasteiger partial charge in [-0.1, -0.05) is 31.9 Å². The Kier molecular flexibility index (Phi) is 7.54. The molecule has 2 bridgehead atoms. The number of aromatic hydroxyl groups is 1. The summed E-state index contributed by atoms with van der Waals surface area (Å²) in [6, 6.07) is 7.55. The predicted molar refractivity (Wildman–Crippen MR) is 165 cm³/mol. The number of likely N-dealkylation sites (tertiary alicyclic amines) is 1. The Bertz CT molecular complexity index is 1550. The fraction of sp³-hybridized carbons (Fsp3) is 0.500. The molecule has 7 heteroatoms. The Hall–Kier alpha value is -3.76. The summed E-state index contributed by atoms with van der Waals surface area (Å²) in [7, 11) is 0. The molecule has 2 aromatic carbocycles. The van der Waals surface area contributed by atoms with E-state index in [0.29, 0.717) is 18.7 Å². The highest BCUT2D eigenvalue weighted by molar-refractivity contribution is 5.94. The maximum absolute atomic E-state index is 14.0. The van der Waals surface area contributed by atoms with Gasteiger partial charge >= 0.3 is 5.97 Å². The lowest BCUT2D eigenvalue weighted by Crippen LogP contribution is -2.69. The molecule has 7 nitrogen and oxygen atoms in total. The van der Waals surface area contributed by atoms with Gasteiger partial charge < -0.3 is 19.5 Å². The summed E-state index contributed by atoms with van der Waals surface area (Å²) in [5.41, 5.74) is 4.61. The maximum atomic E-state index is 14.0. The molecule has 2 aliphatic heterocycles.